The van der Waals surface area contributed by atoms with Crippen LogP contribution in [0.25, 0.3) is 28.2 Å². The topological polar surface area (TPSA) is 113 Å². The third-order valence-corrected chi connectivity index (χ3v) is 7.87. The Morgan fingerprint density at radius 3 is 2.75 bits per heavy atom. The average Bonchev–Trinajstić information content (AvgIpc) is 3.29. The van der Waals surface area contributed by atoms with Gasteiger partial charge in [0.2, 0.25) is 5.95 Å². The normalized spacial score (nSPS) is 17.1. The Morgan fingerprint density at radius 1 is 1.10 bits per heavy atom. The second-order valence-electron chi connectivity index (χ2n) is 9.74. The van der Waals surface area contributed by atoms with Crippen molar-refractivity contribution in [3.63, 3.8) is 0 Å². The van der Waals surface area contributed by atoms with Crippen molar-refractivity contribution in [1.82, 2.24) is 30.6 Å². The zero-order valence-electron chi connectivity index (χ0n) is 21.5. The van der Waals surface area contributed by atoms with Crippen LogP contribution in [0, 0.1) is 11.7 Å². The summed E-state index contributed by atoms with van der Waals surface area (Å²) in [6.07, 6.45) is 8.02. The lowest BCUT2D eigenvalue weighted by molar-refractivity contribution is -0.115. The molecule has 0 aliphatic carbocycles. The fourth-order valence-electron chi connectivity index (χ4n) is 4.99. The molecular formula is C29H26FN7O2S. The van der Waals surface area contributed by atoms with E-state index < -0.39 is 5.91 Å². The van der Waals surface area contributed by atoms with Crippen LogP contribution in [0.2, 0.25) is 0 Å². The first-order valence-electron chi connectivity index (χ1n) is 13.1. The van der Waals surface area contributed by atoms with Crippen molar-refractivity contribution in [2.24, 2.45) is 5.92 Å². The fraction of sp³-hybridized carbons (Fsp3) is 0.241. The summed E-state index contributed by atoms with van der Waals surface area (Å²) in [7, 11) is 0. The van der Waals surface area contributed by atoms with Gasteiger partial charge in [-0.25, -0.2) is 19.3 Å². The number of thioether (sulfide) groups is 1. The van der Waals surface area contributed by atoms with Gasteiger partial charge in [0.1, 0.15) is 0 Å². The third-order valence-electron chi connectivity index (χ3n) is 7.06. The molecule has 0 bridgehead atoms. The van der Waals surface area contributed by atoms with E-state index >= 15 is 0 Å². The molecule has 0 spiro atoms. The monoisotopic (exact) mass is 555 g/mol. The van der Waals surface area contributed by atoms with Crippen molar-refractivity contribution < 1.29 is 14.0 Å². The molecule has 4 aromatic rings. The fourth-order valence-corrected chi connectivity index (χ4v) is 5.66. The number of benzene rings is 1. The minimum Gasteiger partial charge on any atom is -0.341 e. The molecule has 6 rings (SSSR count). The van der Waals surface area contributed by atoms with E-state index in [-0.39, 0.29) is 11.1 Å². The Labute approximate surface area is 234 Å². The summed E-state index contributed by atoms with van der Waals surface area (Å²) in [6.45, 7) is 3.02. The van der Waals surface area contributed by atoms with Crippen LogP contribution in [-0.2, 0) is 11.3 Å². The number of pyridine rings is 2. The van der Waals surface area contributed by atoms with Crippen molar-refractivity contribution in [2.75, 3.05) is 24.5 Å². The summed E-state index contributed by atoms with van der Waals surface area (Å²) in [5, 5.41) is 6.47. The van der Waals surface area contributed by atoms with Gasteiger partial charge >= 0.3 is 0 Å². The van der Waals surface area contributed by atoms with Gasteiger partial charge in [-0.15, -0.1) is 0 Å². The lowest BCUT2D eigenvalue weighted by Crippen LogP contribution is -2.38. The highest BCUT2D eigenvalue weighted by Gasteiger charge is 2.26. The Bertz CT molecular complexity index is 1620. The molecule has 11 heteroatoms. The van der Waals surface area contributed by atoms with Gasteiger partial charge in [-0.1, -0.05) is 18.2 Å². The number of para-hydroxylation sites is 1. The summed E-state index contributed by atoms with van der Waals surface area (Å²) in [5.41, 5.74) is 3.43. The van der Waals surface area contributed by atoms with Crippen LogP contribution in [0.4, 0.5) is 15.1 Å². The quantitative estimate of drug-likeness (QED) is 0.317. The lowest BCUT2D eigenvalue weighted by atomic mass is 9.96. The first-order valence-corrected chi connectivity index (χ1v) is 13.9. The third kappa shape index (κ3) is 5.70. The van der Waals surface area contributed by atoms with Gasteiger partial charge in [-0.3, -0.25) is 19.9 Å². The molecule has 9 nitrogen and oxygen atoms in total. The van der Waals surface area contributed by atoms with E-state index in [1.54, 1.807) is 30.6 Å². The van der Waals surface area contributed by atoms with E-state index in [1.165, 1.54) is 6.20 Å². The van der Waals surface area contributed by atoms with Crippen molar-refractivity contribution in [3.8, 4) is 11.3 Å². The zero-order valence-corrected chi connectivity index (χ0v) is 22.3. The highest BCUT2D eigenvalue weighted by Crippen LogP contribution is 2.28. The predicted octanol–water partition coefficient (Wildman–Crippen LogP) is 4.56. The molecule has 0 unspecified atom stereocenters. The standard InChI is InChI=1S/C29H26FN7O2S/c30-23-17-31-9-6-22(23)26-20(13-19-3-1-2-4-24(19)35-26)16-32-15-18-7-11-37(12-8-18)28-33-10-5-21(34-28)14-25-27(38)36-29(39)40-25/h1-6,9-10,13-14,17-18,32H,7-8,11-12,15-16H2,(H,36,38,39). The van der Waals surface area contributed by atoms with Gasteiger partial charge in [0.05, 0.1) is 28.0 Å². The molecule has 5 heterocycles. The summed E-state index contributed by atoms with van der Waals surface area (Å²) >= 11 is 0.872. The average molecular weight is 556 g/mol. The molecule has 2 saturated heterocycles. The highest BCUT2D eigenvalue weighted by atomic mass is 32.2. The number of carbonyl (C=O) groups is 2. The van der Waals surface area contributed by atoms with Gasteiger partial charge in [0.15, 0.2) is 5.82 Å². The Kier molecular flexibility index (Phi) is 7.47. The van der Waals surface area contributed by atoms with Crippen LogP contribution >= 0.6 is 11.8 Å². The molecule has 2 fully saturated rings. The van der Waals surface area contributed by atoms with Crippen LogP contribution in [0.1, 0.15) is 24.1 Å². The number of fused-ring (bicyclic) bond motifs is 1. The molecular weight excluding hydrogens is 529 g/mol. The molecule has 202 valence electrons. The maximum atomic E-state index is 14.6. The van der Waals surface area contributed by atoms with Gasteiger partial charge in [-0.2, -0.15) is 0 Å². The summed E-state index contributed by atoms with van der Waals surface area (Å²) in [5.74, 6) is 0.295. The number of nitrogens with zero attached hydrogens (tertiary/aromatic N) is 5. The molecule has 2 N–H and O–H groups in total. The van der Waals surface area contributed by atoms with Crippen LogP contribution < -0.4 is 15.5 Å². The molecule has 0 atom stereocenters. The molecule has 1 aromatic carbocycles. The largest absolute Gasteiger partial charge is 0.341 e. The second-order valence-corrected chi connectivity index (χ2v) is 10.8. The summed E-state index contributed by atoms with van der Waals surface area (Å²) < 4.78 is 14.6. The minimum atomic E-state index is -0.402. The number of imide groups is 1. The number of aromatic nitrogens is 4. The molecule has 2 aliphatic rings. The SMILES string of the molecule is O=C1NC(=O)C(=Cc2ccnc(N3CCC(CNCc4cc5ccccc5nc4-c4ccncc4F)CC3)n2)S1. The summed E-state index contributed by atoms with van der Waals surface area (Å²) in [6, 6.07) is 13.3. The highest BCUT2D eigenvalue weighted by molar-refractivity contribution is 8.18. The first-order chi connectivity index (χ1) is 19.5. The molecule has 3 aromatic heterocycles. The van der Waals surface area contributed by atoms with Crippen molar-refractivity contribution in [1.29, 1.82) is 0 Å². The van der Waals surface area contributed by atoms with Crippen LogP contribution in [0.3, 0.4) is 0 Å². The number of amides is 2. The lowest BCUT2D eigenvalue weighted by Gasteiger charge is -2.32. The Morgan fingerprint density at radius 2 is 1.95 bits per heavy atom. The van der Waals surface area contributed by atoms with Crippen molar-refractivity contribution in [2.45, 2.75) is 19.4 Å². The summed E-state index contributed by atoms with van der Waals surface area (Å²) in [4.78, 5) is 43.4. The zero-order chi connectivity index (χ0) is 27.5. The number of carbonyl (C=O) groups excluding carboxylic acids is 2. The van der Waals surface area contributed by atoms with Crippen LogP contribution in [0.5, 0.6) is 0 Å². The van der Waals surface area contributed by atoms with Gasteiger partial charge < -0.3 is 10.2 Å². The number of hydrogen-bond acceptors (Lipinski definition) is 9. The van der Waals surface area contributed by atoms with Crippen molar-refractivity contribution in [3.05, 3.63) is 83.0 Å². The van der Waals surface area contributed by atoms with Crippen LogP contribution in [-0.4, -0.2) is 50.7 Å². The molecule has 2 amide bonds. The second kappa shape index (κ2) is 11.5. The molecule has 2 aliphatic heterocycles. The van der Waals surface area contributed by atoms with E-state index in [4.69, 9.17) is 4.98 Å². The Balaban J connectivity index is 1.08. The minimum absolute atomic E-state index is 0.330. The number of rotatable bonds is 7. The van der Waals surface area contributed by atoms with Crippen LogP contribution in [0.15, 0.2) is 66.0 Å². The predicted molar refractivity (Wildman–Crippen MR) is 153 cm³/mol. The van der Waals surface area contributed by atoms with E-state index in [2.05, 4.69) is 36.6 Å². The maximum absolute atomic E-state index is 14.6. The number of anilines is 1. The van der Waals surface area contributed by atoms with Crippen molar-refractivity contribution >= 4 is 45.8 Å². The van der Waals surface area contributed by atoms with Gasteiger partial charge in [0.25, 0.3) is 11.1 Å². The van der Waals surface area contributed by atoms with Gasteiger partial charge in [-0.05, 0) is 73.0 Å². The van der Waals surface area contributed by atoms with E-state index in [0.29, 0.717) is 40.3 Å². The van der Waals surface area contributed by atoms with E-state index in [0.717, 1.165) is 60.7 Å². The van der Waals surface area contributed by atoms with E-state index in [1.807, 2.05) is 24.3 Å². The maximum Gasteiger partial charge on any atom is 0.290 e. The number of halogens is 1. The van der Waals surface area contributed by atoms with E-state index in [9.17, 15) is 14.0 Å². The molecule has 40 heavy (non-hydrogen) atoms. The molecule has 0 saturated carbocycles. The molecule has 0 radical (unpaired) electrons. The number of nitrogens with one attached hydrogen (secondary N) is 2. The Hall–Kier alpha value is -4.22. The first kappa shape index (κ1) is 26.0. The number of hydrogen-bond donors (Lipinski definition) is 2. The number of piperidine rings is 1. The smallest absolute Gasteiger partial charge is 0.290 e. The van der Waals surface area contributed by atoms with Gasteiger partial charge in [0, 0.05) is 43.0 Å².